The van der Waals surface area contributed by atoms with E-state index in [9.17, 15) is 0 Å². The van der Waals surface area contributed by atoms with Gasteiger partial charge in [-0.3, -0.25) is 0 Å². The molecule has 5 heteroatoms. The van der Waals surface area contributed by atoms with Gasteiger partial charge in [0, 0.05) is 20.3 Å². The maximum atomic E-state index is 5.66. The second-order valence-electron chi connectivity index (χ2n) is 3.88. The number of hydrogen-bond acceptors (Lipinski definition) is 3. The van der Waals surface area contributed by atoms with Gasteiger partial charge < -0.3 is 14.8 Å². The summed E-state index contributed by atoms with van der Waals surface area (Å²) in [6, 6.07) is 6.10. The molecule has 1 N–H and O–H groups in total. The molecule has 0 aliphatic carbocycles. The lowest BCUT2D eigenvalue weighted by atomic mass is 10.2. The largest absolute Gasteiger partial charge is 0.491 e. The Kier molecular flexibility index (Phi) is 10.4. The molecule has 0 unspecified atom stereocenters. The van der Waals surface area contributed by atoms with Crippen LogP contribution in [-0.4, -0.2) is 33.4 Å². The van der Waals surface area contributed by atoms with Crippen molar-refractivity contribution in [2.24, 2.45) is 0 Å². The smallest absolute Gasteiger partial charge is 0.133 e. The summed E-state index contributed by atoms with van der Waals surface area (Å²) in [6.07, 6.45) is 1.03. The summed E-state index contributed by atoms with van der Waals surface area (Å²) in [5.41, 5.74) is 1.22. The fourth-order valence-electron chi connectivity index (χ4n) is 1.42. The number of hydrogen-bond donors (Lipinski definition) is 1. The molecule has 0 fully saturated rings. The van der Waals surface area contributed by atoms with Crippen LogP contribution in [0, 0.1) is 6.92 Å². The van der Waals surface area contributed by atoms with Crippen molar-refractivity contribution in [1.82, 2.24) is 5.32 Å². The Morgan fingerprint density at radius 1 is 1.22 bits per heavy atom. The molecule has 0 saturated carbocycles. The summed E-state index contributed by atoms with van der Waals surface area (Å²) in [5.74, 6) is 0.897. The minimum atomic E-state index is 0. The second kappa shape index (κ2) is 10.6. The quantitative estimate of drug-likeness (QED) is 0.739. The van der Waals surface area contributed by atoms with Crippen LogP contribution in [0.2, 0.25) is 0 Å². The van der Waals surface area contributed by atoms with Gasteiger partial charge in [0.1, 0.15) is 12.4 Å². The molecule has 0 atom stereocenters. The highest BCUT2D eigenvalue weighted by Gasteiger charge is 2.00. The average molecular weight is 339 g/mol. The Balaban J connectivity index is 0.00000289. The summed E-state index contributed by atoms with van der Waals surface area (Å²) in [4.78, 5) is 0. The van der Waals surface area contributed by atoms with E-state index < -0.39 is 0 Å². The van der Waals surface area contributed by atoms with Gasteiger partial charge in [-0.2, -0.15) is 0 Å². The number of aryl methyl sites for hydroxylation is 1. The first kappa shape index (κ1) is 17.7. The first-order chi connectivity index (χ1) is 8.24. The zero-order valence-electron chi connectivity index (χ0n) is 10.9. The average Bonchev–Trinajstić information content (AvgIpc) is 2.30. The van der Waals surface area contributed by atoms with Gasteiger partial charge >= 0.3 is 0 Å². The van der Waals surface area contributed by atoms with Crippen LogP contribution in [0.1, 0.15) is 12.0 Å². The molecule has 0 radical (unpaired) electrons. The van der Waals surface area contributed by atoms with E-state index in [1.54, 1.807) is 7.11 Å². The third-order valence-electron chi connectivity index (χ3n) is 2.33. The number of rotatable bonds is 8. The fraction of sp³-hybridized carbons (Fsp3) is 0.538. The van der Waals surface area contributed by atoms with E-state index in [-0.39, 0.29) is 12.4 Å². The van der Waals surface area contributed by atoms with Crippen LogP contribution in [0.4, 0.5) is 0 Å². The van der Waals surface area contributed by atoms with E-state index >= 15 is 0 Å². The standard InChI is InChI=1S/C13H20BrNO2.ClH/c1-11-4-5-13(12(14)10-11)17-9-7-15-6-3-8-16-2;/h4-5,10,15H,3,6-9H2,1-2H3;1H. The molecule has 0 aromatic heterocycles. The fourth-order valence-corrected chi connectivity index (χ4v) is 2.03. The summed E-state index contributed by atoms with van der Waals surface area (Å²) in [7, 11) is 1.72. The molecular formula is C13H21BrClNO2. The van der Waals surface area contributed by atoms with Crippen LogP contribution in [0.25, 0.3) is 0 Å². The van der Waals surface area contributed by atoms with E-state index in [0.717, 1.165) is 36.3 Å². The van der Waals surface area contributed by atoms with Crippen LogP contribution in [-0.2, 0) is 4.74 Å². The summed E-state index contributed by atoms with van der Waals surface area (Å²) in [6.45, 7) is 5.36. The molecule has 0 heterocycles. The van der Waals surface area contributed by atoms with Gasteiger partial charge in [-0.25, -0.2) is 0 Å². The molecule has 1 aromatic carbocycles. The predicted octanol–water partition coefficient (Wildman–Crippen LogP) is 3.18. The Bertz CT molecular complexity index is 337. The lowest BCUT2D eigenvalue weighted by molar-refractivity contribution is 0.193. The Morgan fingerprint density at radius 3 is 2.67 bits per heavy atom. The second-order valence-corrected chi connectivity index (χ2v) is 4.73. The van der Waals surface area contributed by atoms with E-state index in [1.807, 2.05) is 12.1 Å². The molecule has 0 amide bonds. The van der Waals surface area contributed by atoms with Gasteiger partial charge in [-0.15, -0.1) is 12.4 Å². The van der Waals surface area contributed by atoms with Crippen molar-refractivity contribution in [2.45, 2.75) is 13.3 Å². The molecule has 0 aliphatic rings. The highest BCUT2D eigenvalue weighted by Crippen LogP contribution is 2.25. The van der Waals surface area contributed by atoms with E-state index in [1.165, 1.54) is 5.56 Å². The van der Waals surface area contributed by atoms with Crippen molar-refractivity contribution in [3.05, 3.63) is 28.2 Å². The SMILES string of the molecule is COCCCNCCOc1ccc(C)cc1Br.Cl. The molecule has 0 aliphatic heterocycles. The van der Waals surface area contributed by atoms with E-state index in [0.29, 0.717) is 6.61 Å². The predicted molar refractivity (Wildman–Crippen MR) is 81.0 cm³/mol. The number of ether oxygens (including phenoxy) is 2. The maximum Gasteiger partial charge on any atom is 0.133 e. The zero-order chi connectivity index (χ0) is 12.5. The Morgan fingerprint density at radius 2 is 2.00 bits per heavy atom. The van der Waals surface area contributed by atoms with Crippen LogP contribution in [0.15, 0.2) is 22.7 Å². The summed E-state index contributed by atoms with van der Waals surface area (Å²) >= 11 is 3.49. The van der Waals surface area contributed by atoms with E-state index in [4.69, 9.17) is 9.47 Å². The molecule has 104 valence electrons. The summed E-state index contributed by atoms with van der Waals surface area (Å²) < 4.78 is 11.6. The van der Waals surface area contributed by atoms with Crippen LogP contribution < -0.4 is 10.1 Å². The van der Waals surface area contributed by atoms with Crippen molar-refractivity contribution < 1.29 is 9.47 Å². The monoisotopic (exact) mass is 337 g/mol. The highest BCUT2D eigenvalue weighted by atomic mass is 79.9. The molecular weight excluding hydrogens is 318 g/mol. The lowest BCUT2D eigenvalue weighted by Gasteiger charge is -2.09. The van der Waals surface area contributed by atoms with Crippen molar-refractivity contribution in [2.75, 3.05) is 33.4 Å². The van der Waals surface area contributed by atoms with Gasteiger partial charge in [0.25, 0.3) is 0 Å². The minimum absolute atomic E-state index is 0. The molecule has 1 rings (SSSR count). The number of methoxy groups -OCH3 is 1. The minimum Gasteiger partial charge on any atom is -0.491 e. The van der Waals surface area contributed by atoms with Crippen LogP contribution in [0.3, 0.4) is 0 Å². The Hall–Kier alpha value is -0.290. The van der Waals surface area contributed by atoms with Crippen molar-refractivity contribution in [1.29, 1.82) is 0 Å². The van der Waals surface area contributed by atoms with Gasteiger partial charge in [0.2, 0.25) is 0 Å². The third kappa shape index (κ3) is 7.21. The van der Waals surface area contributed by atoms with Gasteiger partial charge in [0.05, 0.1) is 4.47 Å². The number of benzene rings is 1. The van der Waals surface area contributed by atoms with Crippen LogP contribution in [0.5, 0.6) is 5.75 Å². The normalized spacial score (nSPS) is 9.94. The van der Waals surface area contributed by atoms with E-state index in [2.05, 4.69) is 34.2 Å². The van der Waals surface area contributed by atoms with Gasteiger partial charge in [-0.05, 0) is 53.5 Å². The lowest BCUT2D eigenvalue weighted by Crippen LogP contribution is -2.22. The topological polar surface area (TPSA) is 30.5 Å². The third-order valence-corrected chi connectivity index (χ3v) is 2.95. The molecule has 0 saturated heterocycles. The summed E-state index contributed by atoms with van der Waals surface area (Å²) in [5, 5.41) is 3.30. The molecule has 0 bridgehead atoms. The zero-order valence-corrected chi connectivity index (χ0v) is 13.3. The number of nitrogens with one attached hydrogen (secondary N) is 1. The van der Waals surface area contributed by atoms with Crippen molar-refractivity contribution in [3.8, 4) is 5.75 Å². The first-order valence-corrected chi connectivity index (χ1v) is 6.62. The molecule has 1 aromatic rings. The first-order valence-electron chi connectivity index (χ1n) is 5.82. The Labute approximate surface area is 124 Å². The highest BCUT2D eigenvalue weighted by molar-refractivity contribution is 9.10. The van der Waals surface area contributed by atoms with Crippen LogP contribution >= 0.6 is 28.3 Å². The number of halogens is 2. The van der Waals surface area contributed by atoms with Gasteiger partial charge in [0.15, 0.2) is 0 Å². The molecule has 18 heavy (non-hydrogen) atoms. The molecule has 0 spiro atoms. The van der Waals surface area contributed by atoms with Crippen molar-refractivity contribution >= 4 is 28.3 Å². The van der Waals surface area contributed by atoms with Gasteiger partial charge in [-0.1, -0.05) is 6.07 Å². The maximum absolute atomic E-state index is 5.66. The van der Waals surface area contributed by atoms with Crippen molar-refractivity contribution in [3.63, 3.8) is 0 Å². The molecule has 3 nitrogen and oxygen atoms in total.